The number of ether oxygens (including phenoxy) is 2. The normalized spacial score (nSPS) is 20.0. The first-order valence-electron chi connectivity index (χ1n) is 11.6. The zero-order chi connectivity index (χ0) is 24.2. The molecule has 0 bridgehead atoms. The summed E-state index contributed by atoms with van der Waals surface area (Å²) in [5, 5.41) is 3.05. The number of hydrogen-bond acceptors (Lipinski definition) is 5. The fraction of sp³-hybridized carbons (Fsp3) is 0.600. The van der Waals surface area contributed by atoms with Gasteiger partial charge in [-0.3, -0.25) is 4.98 Å². The van der Waals surface area contributed by atoms with Crippen LogP contribution in [-0.4, -0.2) is 55.2 Å². The summed E-state index contributed by atoms with van der Waals surface area (Å²) in [6.07, 6.45) is 1.07. The Labute approximate surface area is 194 Å². The lowest BCUT2D eigenvalue weighted by Crippen LogP contribution is -2.53. The van der Waals surface area contributed by atoms with Crippen molar-refractivity contribution in [3.63, 3.8) is 0 Å². The first-order valence-corrected chi connectivity index (χ1v) is 11.6. The Hall–Kier alpha value is -2.48. The average molecular weight is 464 g/mol. The van der Waals surface area contributed by atoms with Gasteiger partial charge in [-0.2, -0.15) is 0 Å². The van der Waals surface area contributed by atoms with Crippen molar-refractivity contribution in [1.29, 1.82) is 0 Å². The second-order valence-electron chi connectivity index (χ2n) is 9.62. The third-order valence-corrected chi connectivity index (χ3v) is 5.81. The van der Waals surface area contributed by atoms with E-state index in [1.54, 1.807) is 40.0 Å². The lowest BCUT2D eigenvalue weighted by atomic mass is 10.0. The minimum absolute atomic E-state index is 0.0434. The molecule has 2 aromatic rings. The number of carbonyl (C=O) groups excluding carboxylic acids is 1. The summed E-state index contributed by atoms with van der Waals surface area (Å²) < 4.78 is 40.3. The first-order chi connectivity index (χ1) is 15.6. The van der Waals surface area contributed by atoms with E-state index in [1.165, 1.54) is 6.07 Å². The van der Waals surface area contributed by atoms with Crippen molar-refractivity contribution < 1.29 is 23.0 Å². The van der Waals surface area contributed by atoms with E-state index >= 15 is 4.39 Å². The summed E-state index contributed by atoms with van der Waals surface area (Å²) in [5.74, 6) is -0.358. The molecule has 6 nitrogen and oxygen atoms in total. The lowest BCUT2D eigenvalue weighted by Gasteiger charge is -2.37. The van der Waals surface area contributed by atoms with Crippen LogP contribution in [0.2, 0.25) is 0 Å². The van der Waals surface area contributed by atoms with Crippen LogP contribution < -0.4 is 10.2 Å². The van der Waals surface area contributed by atoms with Gasteiger partial charge < -0.3 is 19.7 Å². The number of methoxy groups -OCH3 is 1. The molecule has 1 unspecified atom stereocenters. The molecule has 3 atom stereocenters. The molecule has 0 radical (unpaired) electrons. The van der Waals surface area contributed by atoms with Crippen molar-refractivity contribution in [2.45, 2.75) is 77.3 Å². The van der Waals surface area contributed by atoms with Crippen LogP contribution in [-0.2, 0) is 15.9 Å². The van der Waals surface area contributed by atoms with Gasteiger partial charge in [0.2, 0.25) is 0 Å². The largest absolute Gasteiger partial charge is 0.444 e. The molecule has 0 spiro atoms. The van der Waals surface area contributed by atoms with Gasteiger partial charge in [-0.1, -0.05) is 13.3 Å². The summed E-state index contributed by atoms with van der Waals surface area (Å²) in [6.45, 7) is 7.97. The topological polar surface area (TPSA) is 63.7 Å². The number of nitrogens with one attached hydrogen (secondary N) is 1. The third kappa shape index (κ3) is 6.53. The van der Waals surface area contributed by atoms with Crippen LogP contribution in [0, 0.1) is 5.82 Å². The summed E-state index contributed by atoms with van der Waals surface area (Å²) in [4.78, 5) is 18.7. The van der Waals surface area contributed by atoms with Crippen LogP contribution in [0.25, 0.3) is 10.9 Å². The zero-order valence-electron chi connectivity index (χ0n) is 20.2. The van der Waals surface area contributed by atoms with Crippen molar-refractivity contribution >= 4 is 22.7 Å². The van der Waals surface area contributed by atoms with Crippen LogP contribution in [0.1, 0.15) is 52.7 Å². The number of nitrogens with zero attached hydrogens (tertiary/aromatic N) is 2. The maximum absolute atomic E-state index is 15.0. The minimum atomic E-state index is -1.29. The molecule has 1 N–H and O–H groups in total. The van der Waals surface area contributed by atoms with Crippen LogP contribution >= 0.6 is 0 Å². The molecule has 1 amide bonds. The lowest BCUT2D eigenvalue weighted by molar-refractivity contribution is 0.0463. The number of anilines is 1. The third-order valence-electron chi connectivity index (χ3n) is 5.81. The minimum Gasteiger partial charge on any atom is -0.444 e. The van der Waals surface area contributed by atoms with Crippen LogP contribution in [0.15, 0.2) is 24.3 Å². The predicted octanol–water partition coefficient (Wildman–Crippen LogP) is 5.17. The van der Waals surface area contributed by atoms with E-state index in [0.717, 1.165) is 18.5 Å². The number of rotatable bonds is 7. The molecule has 0 aliphatic carbocycles. The quantitative estimate of drug-likeness (QED) is 0.614. The smallest absolute Gasteiger partial charge is 0.407 e. The summed E-state index contributed by atoms with van der Waals surface area (Å²) in [6, 6.07) is 5.97. The number of pyridine rings is 1. The molecule has 3 rings (SSSR count). The molecular formula is C25H35F2N3O3. The predicted molar refractivity (Wildman–Crippen MR) is 126 cm³/mol. The summed E-state index contributed by atoms with van der Waals surface area (Å²) in [7, 11) is 1.68. The zero-order valence-corrected chi connectivity index (χ0v) is 20.2. The van der Waals surface area contributed by atoms with Gasteiger partial charge in [0.25, 0.3) is 0 Å². The first kappa shape index (κ1) is 25.1. The van der Waals surface area contributed by atoms with Crippen molar-refractivity contribution in [3.05, 3.63) is 35.8 Å². The molecule has 33 heavy (non-hydrogen) atoms. The Balaban J connectivity index is 1.78. The van der Waals surface area contributed by atoms with Gasteiger partial charge in [0.1, 0.15) is 17.6 Å². The monoisotopic (exact) mass is 463 g/mol. The van der Waals surface area contributed by atoms with E-state index in [0.29, 0.717) is 36.0 Å². The highest BCUT2D eigenvalue weighted by atomic mass is 19.1. The van der Waals surface area contributed by atoms with Gasteiger partial charge in [-0.05, 0) is 57.9 Å². The molecular weight excluding hydrogens is 428 g/mol. The van der Waals surface area contributed by atoms with Gasteiger partial charge in [0.05, 0.1) is 29.9 Å². The van der Waals surface area contributed by atoms with E-state index in [-0.39, 0.29) is 18.5 Å². The number of aromatic nitrogens is 1. The van der Waals surface area contributed by atoms with Gasteiger partial charge in [-0.25, -0.2) is 13.6 Å². The van der Waals surface area contributed by atoms with Gasteiger partial charge >= 0.3 is 6.09 Å². The van der Waals surface area contributed by atoms with Crippen molar-refractivity contribution in [1.82, 2.24) is 10.3 Å². The Bertz CT molecular complexity index is 964. The second-order valence-corrected chi connectivity index (χ2v) is 9.62. The van der Waals surface area contributed by atoms with E-state index in [9.17, 15) is 9.18 Å². The number of amides is 1. The van der Waals surface area contributed by atoms with E-state index in [4.69, 9.17) is 14.5 Å². The van der Waals surface area contributed by atoms with Crippen LogP contribution in [0.4, 0.5) is 19.3 Å². The van der Waals surface area contributed by atoms with Crippen molar-refractivity contribution in [3.8, 4) is 0 Å². The molecule has 1 aliphatic rings. The average Bonchev–Trinajstić information content (AvgIpc) is 2.74. The Morgan fingerprint density at radius 1 is 1.30 bits per heavy atom. The van der Waals surface area contributed by atoms with Crippen LogP contribution in [0.3, 0.4) is 0 Å². The Morgan fingerprint density at radius 2 is 2.06 bits per heavy atom. The van der Waals surface area contributed by atoms with Crippen molar-refractivity contribution in [2.24, 2.45) is 0 Å². The number of benzene rings is 1. The Morgan fingerprint density at radius 3 is 2.70 bits per heavy atom. The fourth-order valence-corrected chi connectivity index (χ4v) is 4.18. The number of halogens is 2. The van der Waals surface area contributed by atoms with Gasteiger partial charge in [0.15, 0.2) is 0 Å². The number of fused-ring (bicyclic) bond motifs is 1. The second kappa shape index (κ2) is 10.6. The molecule has 8 heteroatoms. The number of piperidine rings is 1. The van der Waals surface area contributed by atoms with E-state index < -0.39 is 23.9 Å². The molecule has 1 aliphatic heterocycles. The number of hydrogen-bond donors (Lipinski definition) is 1. The SMILES string of the molecule is CCCC(Cc1ccc2c(F)ccc(N3CC[C@@H](NC(=O)OC(C)(C)C)[C@@H](F)C3)c2n1)OC. The molecule has 1 aromatic heterocycles. The highest BCUT2D eigenvalue weighted by Gasteiger charge is 2.32. The van der Waals surface area contributed by atoms with Crippen molar-refractivity contribution in [2.75, 3.05) is 25.1 Å². The maximum atomic E-state index is 15.0. The molecule has 182 valence electrons. The van der Waals surface area contributed by atoms with E-state index in [2.05, 4.69) is 12.2 Å². The molecule has 1 aromatic carbocycles. The maximum Gasteiger partial charge on any atom is 0.407 e. The number of alkyl halides is 1. The molecule has 0 saturated carbocycles. The summed E-state index contributed by atoms with van der Waals surface area (Å²) >= 11 is 0. The van der Waals surface area contributed by atoms with E-state index in [1.807, 2.05) is 11.0 Å². The molecule has 2 heterocycles. The molecule has 1 fully saturated rings. The molecule has 1 saturated heterocycles. The highest BCUT2D eigenvalue weighted by molar-refractivity contribution is 5.91. The standard InChI is InChI=1S/C25H35F2N3O3/c1-6-7-17(32-5)14-16-8-9-18-19(26)10-11-22(23(18)28-16)30-13-12-21(20(27)15-30)29-24(31)33-25(2,3)4/h8-11,17,20-21H,6-7,12-15H2,1-5H3,(H,29,31)/t17?,20-,21+/m0/s1. The Kier molecular flexibility index (Phi) is 8.10. The fourth-order valence-electron chi connectivity index (χ4n) is 4.18. The van der Waals surface area contributed by atoms with Gasteiger partial charge in [0, 0.05) is 31.2 Å². The number of alkyl carbamates (subject to hydrolysis) is 1. The number of carbonyl (C=O) groups is 1. The van der Waals surface area contributed by atoms with Gasteiger partial charge in [-0.15, -0.1) is 0 Å². The summed E-state index contributed by atoms with van der Waals surface area (Å²) in [5.41, 5.74) is 1.37. The van der Waals surface area contributed by atoms with Crippen LogP contribution in [0.5, 0.6) is 0 Å². The highest BCUT2D eigenvalue weighted by Crippen LogP contribution is 2.31.